The predicted octanol–water partition coefficient (Wildman–Crippen LogP) is 3.76. The summed E-state index contributed by atoms with van der Waals surface area (Å²) in [6.07, 6.45) is 1.18. The highest BCUT2D eigenvalue weighted by Crippen LogP contribution is 2.34. The molecule has 2 aromatic rings. The summed E-state index contributed by atoms with van der Waals surface area (Å²) < 4.78 is 23.3. The van der Waals surface area contributed by atoms with Crippen LogP contribution in [-0.2, 0) is 15.3 Å². The summed E-state index contributed by atoms with van der Waals surface area (Å²) in [5.74, 6) is 0.147. The van der Waals surface area contributed by atoms with E-state index in [1.165, 1.54) is 6.26 Å². The van der Waals surface area contributed by atoms with Gasteiger partial charge < -0.3 is 5.11 Å². The lowest BCUT2D eigenvalue weighted by molar-refractivity contribution is 0.476. The van der Waals surface area contributed by atoms with Gasteiger partial charge in [-0.25, -0.2) is 8.42 Å². The number of sulfone groups is 1. The van der Waals surface area contributed by atoms with Crippen molar-refractivity contribution < 1.29 is 13.5 Å². The Morgan fingerprint density at radius 2 is 1.67 bits per heavy atom. The molecule has 1 N–H and O–H groups in total. The molecule has 0 aromatic heterocycles. The van der Waals surface area contributed by atoms with E-state index in [2.05, 4.69) is 20.8 Å². The molecule has 0 fully saturated rings. The van der Waals surface area contributed by atoms with Crippen molar-refractivity contribution in [2.75, 3.05) is 6.26 Å². The minimum Gasteiger partial charge on any atom is -0.507 e. The fourth-order valence-corrected chi connectivity index (χ4v) is 2.79. The highest BCUT2D eigenvalue weighted by Gasteiger charge is 2.17. The van der Waals surface area contributed by atoms with Crippen molar-refractivity contribution >= 4 is 9.84 Å². The Labute approximate surface area is 126 Å². The van der Waals surface area contributed by atoms with Crippen LogP contribution in [0.2, 0.25) is 0 Å². The van der Waals surface area contributed by atoms with Gasteiger partial charge in [0.15, 0.2) is 9.84 Å². The number of hydrogen-bond donors (Lipinski definition) is 1. The number of phenols is 1. The molecule has 112 valence electrons. The summed E-state index contributed by atoms with van der Waals surface area (Å²) in [6, 6.07) is 12.1. The van der Waals surface area contributed by atoms with E-state index in [1.54, 1.807) is 30.3 Å². The molecule has 0 unspecified atom stereocenters. The average molecular weight is 304 g/mol. The second-order valence-electron chi connectivity index (χ2n) is 6.28. The van der Waals surface area contributed by atoms with Gasteiger partial charge in [-0.05, 0) is 40.8 Å². The van der Waals surface area contributed by atoms with Crippen molar-refractivity contribution in [1.29, 1.82) is 0 Å². The van der Waals surface area contributed by atoms with Gasteiger partial charge in [0.2, 0.25) is 0 Å². The second kappa shape index (κ2) is 5.19. The van der Waals surface area contributed by atoms with Crippen molar-refractivity contribution in [2.24, 2.45) is 0 Å². The van der Waals surface area contributed by atoms with Crippen LogP contribution in [0, 0.1) is 0 Å². The molecule has 4 heteroatoms. The third-order valence-electron chi connectivity index (χ3n) is 3.44. The molecule has 0 saturated heterocycles. The minimum atomic E-state index is -3.27. The van der Waals surface area contributed by atoms with Gasteiger partial charge in [-0.2, -0.15) is 0 Å². The van der Waals surface area contributed by atoms with E-state index >= 15 is 0 Å². The Bertz CT molecular complexity index is 769. The number of aromatic hydroxyl groups is 1. The van der Waals surface area contributed by atoms with Gasteiger partial charge in [-0.1, -0.05) is 39.0 Å². The van der Waals surface area contributed by atoms with Crippen molar-refractivity contribution in [2.45, 2.75) is 31.1 Å². The minimum absolute atomic E-state index is 0.0447. The van der Waals surface area contributed by atoms with E-state index in [9.17, 15) is 13.5 Å². The molecule has 0 aliphatic carbocycles. The molecular formula is C17H20O3S. The zero-order valence-corrected chi connectivity index (χ0v) is 13.5. The maximum Gasteiger partial charge on any atom is 0.175 e. The monoisotopic (exact) mass is 304 g/mol. The molecule has 0 amide bonds. The lowest BCUT2D eigenvalue weighted by Gasteiger charge is -2.20. The van der Waals surface area contributed by atoms with Crippen LogP contribution in [0.1, 0.15) is 26.3 Å². The quantitative estimate of drug-likeness (QED) is 0.919. The SMILES string of the molecule is CC(C)(C)c1ccc(O)c(-c2cccc(S(C)(=O)=O)c2)c1. The van der Waals surface area contributed by atoms with Crippen LogP contribution in [0.25, 0.3) is 11.1 Å². The maximum atomic E-state index is 11.7. The van der Waals surface area contributed by atoms with Gasteiger partial charge in [-0.15, -0.1) is 0 Å². The normalized spacial score (nSPS) is 12.4. The summed E-state index contributed by atoms with van der Waals surface area (Å²) in [6.45, 7) is 6.28. The Morgan fingerprint density at radius 3 is 2.24 bits per heavy atom. The standard InChI is InChI=1S/C17H20O3S/c1-17(2,3)13-8-9-16(18)15(11-13)12-6-5-7-14(10-12)21(4,19)20/h5-11,18H,1-4H3. The van der Waals surface area contributed by atoms with Crippen molar-refractivity contribution in [3.63, 3.8) is 0 Å². The van der Waals surface area contributed by atoms with Crippen LogP contribution in [0.15, 0.2) is 47.4 Å². The first-order valence-electron chi connectivity index (χ1n) is 6.73. The molecular weight excluding hydrogens is 284 g/mol. The second-order valence-corrected chi connectivity index (χ2v) is 8.30. The Balaban J connectivity index is 2.62. The van der Waals surface area contributed by atoms with Crippen LogP contribution in [0.3, 0.4) is 0 Å². The third kappa shape index (κ3) is 3.45. The van der Waals surface area contributed by atoms with Crippen LogP contribution in [-0.4, -0.2) is 19.8 Å². The largest absolute Gasteiger partial charge is 0.507 e. The summed E-state index contributed by atoms with van der Waals surface area (Å²) in [7, 11) is -3.27. The smallest absolute Gasteiger partial charge is 0.175 e. The van der Waals surface area contributed by atoms with Gasteiger partial charge in [-0.3, -0.25) is 0 Å². The highest BCUT2D eigenvalue weighted by atomic mass is 32.2. The van der Waals surface area contributed by atoms with Crippen molar-refractivity contribution in [3.8, 4) is 16.9 Å². The molecule has 2 rings (SSSR count). The summed E-state index contributed by atoms with van der Waals surface area (Å²) >= 11 is 0. The molecule has 0 radical (unpaired) electrons. The van der Waals surface area contributed by atoms with Crippen LogP contribution >= 0.6 is 0 Å². The van der Waals surface area contributed by atoms with E-state index in [0.717, 1.165) is 5.56 Å². The van der Waals surface area contributed by atoms with Gasteiger partial charge >= 0.3 is 0 Å². The molecule has 0 saturated carbocycles. The van der Waals surface area contributed by atoms with E-state index in [4.69, 9.17) is 0 Å². The van der Waals surface area contributed by atoms with E-state index < -0.39 is 9.84 Å². The molecule has 3 nitrogen and oxygen atoms in total. The molecule has 0 aliphatic heterocycles. The first-order valence-corrected chi connectivity index (χ1v) is 8.62. The fraction of sp³-hybridized carbons (Fsp3) is 0.294. The number of rotatable bonds is 2. The van der Waals surface area contributed by atoms with Gasteiger partial charge in [0.1, 0.15) is 5.75 Å². The summed E-state index contributed by atoms with van der Waals surface area (Å²) in [5, 5.41) is 10.1. The molecule has 0 spiro atoms. The first kappa shape index (κ1) is 15.6. The van der Waals surface area contributed by atoms with Crippen molar-refractivity contribution in [1.82, 2.24) is 0 Å². The lowest BCUT2D eigenvalue weighted by atomic mass is 9.85. The molecule has 0 heterocycles. The Morgan fingerprint density at radius 1 is 1.00 bits per heavy atom. The summed E-state index contributed by atoms with van der Waals surface area (Å²) in [5.41, 5.74) is 2.38. The number of hydrogen-bond acceptors (Lipinski definition) is 3. The highest BCUT2D eigenvalue weighted by molar-refractivity contribution is 7.90. The molecule has 0 bridgehead atoms. The average Bonchev–Trinajstić information content (AvgIpc) is 2.37. The first-order chi connectivity index (χ1) is 9.59. The predicted molar refractivity (Wildman–Crippen MR) is 85.4 cm³/mol. The zero-order chi connectivity index (χ0) is 15.8. The van der Waals surface area contributed by atoms with Gasteiger partial charge in [0.05, 0.1) is 4.90 Å². The van der Waals surface area contributed by atoms with Crippen LogP contribution < -0.4 is 0 Å². The number of phenolic OH excluding ortho intramolecular Hbond substituents is 1. The van der Waals surface area contributed by atoms with E-state index in [0.29, 0.717) is 11.1 Å². The summed E-state index contributed by atoms with van der Waals surface area (Å²) in [4.78, 5) is 0.251. The van der Waals surface area contributed by atoms with Crippen molar-refractivity contribution in [3.05, 3.63) is 48.0 Å². The maximum absolute atomic E-state index is 11.7. The van der Waals surface area contributed by atoms with Crippen LogP contribution in [0.4, 0.5) is 0 Å². The van der Waals surface area contributed by atoms with Gasteiger partial charge in [0.25, 0.3) is 0 Å². The lowest BCUT2D eigenvalue weighted by Crippen LogP contribution is -2.10. The Kier molecular flexibility index (Phi) is 3.85. The van der Waals surface area contributed by atoms with Gasteiger partial charge in [0, 0.05) is 11.8 Å². The molecule has 2 aromatic carbocycles. The molecule has 0 aliphatic rings. The molecule has 21 heavy (non-hydrogen) atoms. The third-order valence-corrected chi connectivity index (χ3v) is 4.55. The van der Waals surface area contributed by atoms with E-state index in [1.807, 2.05) is 12.1 Å². The Hall–Kier alpha value is -1.81. The zero-order valence-electron chi connectivity index (χ0n) is 12.7. The fourth-order valence-electron chi connectivity index (χ4n) is 2.13. The van der Waals surface area contributed by atoms with Crippen LogP contribution in [0.5, 0.6) is 5.75 Å². The van der Waals surface area contributed by atoms with E-state index in [-0.39, 0.29) is 16.1 Å². The number of benzene rings is 2. The molecule has 0 atom stereocenters. The topological polar surface area (TPSA) is 54.4 Å².